The van der Waals surface area contributed by atoms with E-state index >= 15 is 0 Å². The summed E-state index contributed by atoms with van der Waals surface area (Å²) in [6, 6.07) is 0. The van der Waals surface area contributed by atoms with E-state index in [1.165, 1.54) is 0 Å². The predicted octanol–water partition coefficient (Wildman–Crippen LogP) is -1.34. The van der Waals surface area contributed by atoms with Gasteiger partial charge in [0.05, 0.1) is 6.73 Å². The van der Waals surface area contributed by atoms with Crippen LogP contribution in [0.1, 0.15) is 0 Å². The van der Waals surface area contributed by atoms with Gasteiger partial charge in [-0.2, -0.15) is 0 Å². The van der Waals surface area contributed by atoms with Crippen molar-refractivity contribution in [2.75, 3.05) is 32.9 Å². The van der Waals surface area contributed by atoms with Crippen molar-refractivity contribution in [1.82, 2.24) is 10.2 Å². The second-order valence-electron chi connectivity index (χ2n) is 2.01. The van der Waals surface area contributed by atoms with Gasteiger partial charge < -0.3 is 15.2 Å². The van der Waals surface area contributed by atoms with Crippen LogP contribution in [0.4, 0.5) is 0 Å². The summed E-state index contributed by atoms with van der Waals surface area (Å²) in [7, 11) is 0. The molecule has 1 aliphatic heterocycles. The lowest BCUT2D eigenvalue weighted by Gasteiger charge is -2.24. The fourth-order valence-corrected chi connectivity index (χ4v) is 0.853. The molecule has 60 valence electrons. The standard InChI is InChI=1S/C5H12N2O.CH2O/c8-5-7-3-1-6-2-4-7;1-2/h6,8H,1-5H2;1H2. The van der Waals surface area contributed by atoms with Gasteiger partial charge in [-0.05, 0) is 0 Å². The van der Waals surface area contributed by atoms with Crippen LogP contribution in [0.2, 0.25) is 0 Å². The van der Waals surface area contributed by atoms with Crippen LogP contribution in [-0.2, 0) is 4.79 Å². The first-order valence-electron chi connectivity index (χ1n) is 3.26. The minimum Gasteiger partial charge on any atom is -0.381 e. The Hall–Kier alpha value is -0.450. The molecule has 0 bridgehead atoms. The molecule has 0 aliphatic carbocycles. The lowest BCUT2D eigenvalue weighted by atomic mass is 10.4. The van der Waals surface area contributed by atoms with Crippen molar-refractivity contribution in [2.24, 2.45) is 0 Å². The molecule has 0 aromatic heterocycles. The maximum atomic E-state index is 8.59. The Bertz CT molecular complexity index is 74.1. The van der Waals surface area contributed by atoms with Gasteiger partial charge in [0.15, 0.2) is 0 Å². The van der Waals surface area contributed by atoms with Crippen LogP contribution >= 0.6 is 0 Å². The molecular formula is C6H14N2O2. The molecule has 0 amide bonds. The van der Waals surface area contributed by atoms with Gasteiger partial charge in [0.25, 0.3) is 0 Å². The quantitative estimate of drug-likeness (QED) is 0.480. The largest absolute Gasteiger partial charge is 0.381 e. The first-order chi connectivity index (χ1) is 4.93. The van der Waals surface area contributed by atoms with Gasteiger partial charge in [-0.15, -0.1) is 0 Å². The number of aliphatic hydroxyl groups is 1. The molecule has 1 heterocycles. The Morgan fingerprint density at radius 2 is 1.90 bits per heavy atom. The molecule has 1 saturated heterocycles. The monoisotopic (exact) mass is 146 g/mol. The summed E-state index contributed by atoms with van der Waals surface area (Å²) in [5.74, 6) is 0. The van der Waals surface area contributed by atoms with Gasteiger partial charge in [-0.1, -0.05) is 0 Å². The summed E-state index contributed by atoms with van der Waals surface area (Å²) in [6.07, 6.45) is 0. The topological polar surface area (TPSA) is 52.6 Å². The maximum Gasteiger partial charge on any atom is 0.106 e. The molecule has 2 N–H and O–H groups in total. The van der Waals surface area contributed by atoms with Gasteiger partial charge in [-0.3, -0.25) is 4.90 Å². The van der Waals surface area contributed by atoms with Crippen molar-refractivity contribution in [3.05, 3.63) is 0 Å². The third-order valence-electron chi connectivity index (χ3n) is 1.41. The molecule has 1 fully saturated rings. The number of aliphatic hydroxyl groups excluding tert-OH is 1. The molecule has 4 nitrogen and oxygen atoms in total. The summed E-state index contributed by atoms with van der Waals surface area (Å²) in [4.78, 5) is 10.0. The number of piperazine rings is 1. The zero-order valence-electron chi connectivity index (χ0n) is 6.05. The first-order valence-corrected chi connectivity index (χ1v) is 3.26. The number of hydrogen-bond donors (Lipinski definition) is 2. The molecule has 0 atom stereocenters. The number of carbonyl (C=O) groups excluding carboxylic acids is 1. The van der Waals surface area contributed by atoms with E-state index in [-0.39, 0.29) is 6.73 Å². The average Bonchev–Trinajstić information content (AvgIpc) is 2.10. The third-order valence-corrected chi connectivity index (χ3v) is 1.41. The van der Waals surface area contributed by atoms with Crippen molar-refractivity contribution in [3.8, 4) is 0 Å². The molecule has 0 saturated carbocycles. The molecule has 0 aromatic carbocycles. The minimum absolute atomic E-state index is 0.210. The van der Waals surface area contributed by atoms with Crippen molar-refractivity contribution in [1.29, 1.82) is 0 Å². The third kappa shape index (κ3) is 3.55. The van der Waals surface area contributed by atoms with Gasteiger partial charge in [0.1, 0.15) is 6.79 Å². The maximum absolute atomic E-state index is 8.59. The fourth-order valence-electron chi connectivity index (χ4n) is 0.853. The highest BCUT2D eigenvalue weighted by Crippen LogP contribution is 1.86. The smallest absolute Gasteiger partial charge is 0.106 e. The zero-order valence-corrected chi connectivity index (χ0v) is 6.05. The number of nitrogens with zero attached hydrogens (tertiary/aromatic N) is 1. The Balaban J connectivity index is 0.000000371. The molecule has 0 unspecified atom stereocenters. The van der Waals surface area contributed by atoms with E-state index in [4.69, 9.17) is 9.90 Å². The highest BCUT2D eigenvalue weighted by Gasteiger charge is 2.05. The first kappa shape index (κ1) is 9.55. The number of hydrogen-bond acceptors (Lipinski definition) is 4. The van der Waals surface area contributed by atoms with Crippen LogP contribution in [-0.4, -0.2) is 49.7 Å². The summed E-state index contributed by atoms with van der Waals surface area (Å²) in [5, 5.41) is 11.8. The Morgan fingerprint density at radius 3 is 2.20 bits per heavy atom. The highest BCUT2D eigenvalue weighted by molar-refractivity contribution is 5.10. The van der Waals surface area contributed by atoms with E-state index in [0.717, 1.165) is 26.2 Å². The van der Waals surface area contributed by atoms with Crippen LogP contribution in [0.5, 0.6) is 0 Å². The second kappa shape index (κ2) is 6.67. The zero-order chi connectivity index (χ0) is 7.82. The summed E-state index contributed by atoms with van der Waals surface area (Å²) in [6.45, 7) is 6.20. The molecule has 1 aliphatic rings. The fraction of sp³-hybridized carbons (Fsp3) is 0.833. The number of carbonyl (C=O) groups is 1. The van der Waals surface area contributed by atoms with Crippen molar-refractivity contribution >= 4 is 6.79 Å². The van der Waals surface area contributed by atoms with Crippen LogP contribution in [0, 0.1) is 0 Å². The van der Waals surface area contributed by atoms with Crippen LogP contribution in [0.25, 0.3) is 0 Å². The molecule has 1 rings (SSSR count). The van der Waals surface area contributed by atoms with E-state index in [9.17, 15) is 0 Å². The highest BCUT2D eigenvalue weighted by atomic mass is 16.3. The molecule has 0 radical (unpaired) electrons. The molecule has 4 heteroatoms. The van der Waals surface area contributed by atoms with Crippen LogP contribution in [0.15, 0.2) is 0 Å². The normalized spacial score (nSPS) is 19.3. The molecule has 10 heavy (non-hydrogen) atoms. The summed E-state index contributed by atoms with van der Waals surface area (Å²) < 4.78 is 0. The summed E-state index contributed by atoms with van der Waals surface area (Å²) >= 11 is 0. The SMILES string of the molecule is C=O.OCN1CCNCC1. The van der Waals surface area contributed by atoms with E-state index in [1.54, 1.807) is 0 Å². The number of rotatable bonds is 1. The molecular weight excluding hydrogens is 132 g/mol. The molecule has 0 spiro atoms. The lowest BCUT2D eigenvalue weighted by Crippen LogP contribution is -2.43. The predicted molar refractivity (Wildman–Crippen MR) is 38.6 cm³/mol. The molecule has 0 aromatic rings. The van der Waals surface area contributed by atoms with Crippen LogP contribution in [0.3, 0.4) is 0 Å². The summed E-state index contributed by atoms with van der Waals surface area (Å²) in [5.41, 5.74) is 0. The lowest BCUT2D eigenvalue weighted by molar-refractivity contribution is -0.0979. The van der Waals surface area contributed by atoms with Crippen molar-refractivity contribution < 1.29 is 9.90 Å². The van der Waals surface area contributed by atoms with E-state index < -0.39 is 0 Å². The van der Waals surface area contributed by atoms with Gasteiger partial charge in [-0.25, -0.2) is 0 Å². The minimum atomic E-state index is 0.210. The second-order valence-corrected chi connectivity index (χ2v) is 2.01. The van der Waals surface area contributed by atoms with E-state index in [1.807, 2.05) is 11.7 Å². The Kier molecular flexibility index (Phi) is 6.37. The van der Waals surface area contributed by atoms with Crippen LogP contribution < -0.4 is 5.32 Å². The van der Waals surface area contributed by atoms with E-state index in [0.29, 0.717) is 0 Å². The Labute approximate surface area is 60.8 Å². The van der Waals surface area contributed by atoms with E-state index in [2.05, 4.69) is 5.32 Å². The van der Waals surface area contributed by atoms with Crippen molar-refractivity contribution in [3.63, 3.8) is 0 Å². The number of nitrogens with one attached hydrogen (secondary N) is 1. The van der Waals surface area contributed by atoms with Gasteiger partial charge >= 0.3 is 0 Å². The average molecular weight is 146 g/mol. The van der Waals surface area contributed by atoms with Gasteiger partial charge in [0.2, 0.25) is 0 Å². The van der Waals surface area contributed by atoms with Crippen molar-refractivity contribution in [2.45, 2.75) is 0 Å². The van der Waals surface area contributed by atoms with Gasteiger partial charge in [0, 0.05) is 26.2 Å². The Morgan fingerprint density at radius 1 is 1.40 bits per heavy atom.